The molecule has 6 heteroatoms. The Bertz CT molecular complexity index is 199. The van der Waals surface area contributed by atoms with Crippen LogP contribution in [-0.2, 0) is 0 Å². The van der Waals surface area contributed by atoms with Crippen molar-refractivity contribution in [3.63, 3.8) is 0 Å². The standard InChI is InChI=1S/C3H3F2N3O/c4-1(5)2-7-3(6)8-9-2/h1H,(H2,6,8). The Morgan fingerprint density at radius 1 is 1.56 bits per heavy atom. The van der Waals surface area contributed by atoms with Crippen LogP contribution in [0.4, 0.5) is 14.7 Å². The number of rotatable bonds is 1. The zero-order chi connectivity index (χ0) is 6.85. The van der Waals surface area contributed by atoms with Crippen LogP contribution in [0.15, 0.2) is 4.52 Å². The van der Waals surface area contributed by atoms with Crippen molar-refractivity contribution < 1.29 is 13.3 Å². The van der Waals surface area contributed by atoms with Crippen molar-refractivity contribution in [3.8, 4) is 0 Å². The van der Waals surface area contributed by atoms with Gasteiger partial charge in [-0.15, -0.1) is 0 Å². The minimum Gasteiger partial charge on any atom is -0.365 e. The van der Waals surface area contributed by atoms with Gasteiger partial charge in [0, 0.05) is 0 Å². The summed E-state index contributed by atoms with van der Waals surface area (Å²) < 4.78 is 27.0. The van der Waals surface area contributed by atoms with Crippen molar-refractivity contribution >= 4 is 5.95 Å². The SMILES string of the molecule is Nc1noc(C(F)F)n1. The number of anilines is 1. The molecular weight excluding hydrogens is 132 g/mol. The summed E-state index contributed by atoms with van der Waals surface area (Å²) in [4.78, 5) is 3.06. The van der Waals surface area contributed by atoms with Crippen LogP contribution < -0.4 is 5.73 Å². The van der Waals surface area contributed by atoms with Crippen LogP contribution in [0.1, 0.15) is 12.3 Å². The largest absolute Gasteiger partial charge is 0.365 e. The van der Waals surface area contributed by atoms with Gasteiger partial charge in [-0.25, -0.2) is 0 Å². The van der Waals surface area contributed by atoms with Gasteiger partial charge in [0.2, 0.25) is 0 Å². The molecule has 2 N–H and O–H groups in total. The maximum Gasteiger partial charge on any atom is 0.316 e. The Morgan fingerprint density at radius 3 is 2.44 bits per heavy atom. The van der Waals surface area contributed by atoms with E-state index in [1.165, 1.54) is 0 Å². The number of nitrogens with two attached hydrogens (primary N) is 1. The number of aromatic nitrogens is 2. The summed E-state index contributed by atoms with van der Waals surface area (Å²) >= 11 is 0. The van der Waals surface area contributed by atoms with E-state index in [4.69, 9.17) is 5.73 Å². The highest BCUT2D eigenvalue weighted by molar-refractivity contribution is 5.10. The Morgan fingerprint density at radius 2 is 2.22 bits per heavy atom. The second-order valence-corrected chi connectivity index (χ2v) is 1.29. The third-order valence-electron chi connectivity index (χ3n) is 0.644. The molecule has 0 fully saturated rings. The number of alkyl halides is 2. The van der Waals surface area contributed by atoms with E-state index in [2.05, 4.69) is 14.7 Å². The number of hydrogen-bond donors (Lipinski definition) is 1. The summed E-state index contributed by atoms with van der Waals surface area (Å²) in [5.74, 6) is -1.02. The molecule has 0 bridgehead atoms. The van der Waals surface area contributed by atoms with Crippen molar-refractivity contribution in [2.24, 2.45) is 0 Å². The van der Waals surface area contributed by atoms with E-state index in [0.717, 1.165) is 0 Å². The quantitative estimate of drug-likeness (QED) is 0.611. The number of nitrogen functional groups attached to an aromatic ring is 1. The Labute approximate surface area is 48.7 Å². The van der Waals surface area contributed by atoms with Crippen LogP contribution in [0.5, 0.6) is 0 Å². The first-order valence-electron chi connectivity index (χ1n) is 2.07. The van der Waals surface area contributed by atoms with E-state index >= 15 is 0 Å². The lowest BCUT2D eigenvalue weighted by Crippen LogP contribution is -1.87. The van der Waals surface area contributed by atoms with Gasteiger partial charge in [-0.05, 0) is 5.16 Å². The van der Waals surface area contributed by atoms with Crippen LogP contribution in [-0.4, -0.2) is 10.1 Å². The average Bonchev–Trinajstić information content (AvgIpc) is 2.14. The summed E-state index contributed by atoms with van der Waals surface area (Å²) in [6.07, 6.45) is -2.74. The molecule has 50 valence electrons. The van der Waals surface area contributed by atoms with Gasteiger partial charge >= 0.3 is 6.43 Å². The minimum atomic E-state index is -2.74. The van der Waals surface area contributed by atoms with E-state index in [1.54, 1.807) is 0 Å². The highest BCUT2D eigenvalue weighted by atomic mass is 19.3. The summed E-state index contributed by atoms with van der Waals surface area (Å²) in [6, 6.07) is 0. The van der Waals surface area contributed by atoms with Gasteiger partial charge in [-0.2, -0.15) is 13.8 Å². The number of hydrogen-bond acceptors (Lipinski definition) is 4. The van der Waals surface area contributed by atoms with Gasteiger partial charge in [-0.3, -0.25) is 0 Å². The molecule has 0 radical (unpaired) electrons. The fourth-order valence-electron chi connectivity index (χ4n) is 0.336. The lowest BCUT2D eigenvalue weighted by molar-refractivity contribution is 0.106. The van der Waals surface area contributed by atoms with Crippen LogP contribution in [0.2, 0.25) is 0 Å². The molecule has 4 nitrogen and oxygen atoms in total. The molecule has 0 aliphatic carbocycles. The average molecular weight is 135 g/mol. The van der Waals surface area contributed by atoms with Gasteiger partial charge in [0.1, 0.15) is 0 Å². The molecular formula is C3H3F2N3O. The molecule has 0 aliphatic heterocycles. The lowest BCUT2D eigenvalue weighted by atomic mass is 10.7. The number of halogens is 2. The maximum absolute atomic E-state index is 11.5. The van der Waals surface area contributed by atoms with Gasteiger partial charge in [0.05, 0.1) is 0 Å². The van der Waals surface area contributed by atoms with Crippen LogP contribution in [0.25, 0.3) is 0 Å². The van der Waals surface area contributed by atoms with E-state index < -0.39 is 12.3 Å². The predicted molar refractivity (Wildman–Crippen MR) is 23.7 cm³/mol. The van der Waals surface area contributed by atoms with Gasteiger partial charge in [0.25, 0.3) is 11.8 Å². The Hall–Kier alpha value is -1.20. The van der Waals surface area contributed by atoms with E-state index in [-0.39, 0.29) is 5.95 Å². The second kappa shape index (κ2) is 1.96. The molecule has 0 spiro atoms. The second-order valence-electron chi connectivity index (χ2n) is 1.29. The number of nitrogens with zero attached hydrogens (tertiary/aromatic N) is 2. The topological polar surface area (TPSA) is 64.9 Å². The molecule has 0 aromatic carbocycles. The smallest absolute Gasteiger partial charge is 0.316 e. The maximum atomic E-state index is 11.5. The fraction of sp³-hybridized carbons (Fsp3) is 0.333. The molecule has 0 atom stereocenters. The van der Waals surface area contributed by atoms with Crippen molar-refractivity contribution in [1.29, 1.82) is 0 Å². The molecule has 1 aromatic rings. The van der Waals surface area contributed by atoms with Crippen molar-refractivity contribution in [2.75, 3.05) is 5.73 Å². The van der Waals surface area contributed by atoms with Crippen LogP contribution in [0, 0.1) is 0 Å². The Balaban J connectivity index is 2.85. The molecule has 0 saturated carbocycles. The summed E-state index contributed by atoms with van der Waals surface area (Å²) in [5, 5.41) is 2.95. The monoisotopic (exact) mass is 135 g/mol. The molecule has 1 heterocycles. The first-order chi connectivity index (χ1) is 4.20. The zero-order valence-electron chi connectivity index (χ0n) is 4.21. The van der Waals surface area contributed by atoms with E-state index in [9.17, 15) is 8.78 Å². The highest BCUT2D eigenvalue weighted by Gasteiger charge is 2.14. The molecule has 9 heavy (non-hydrogen) atoms. The third kappa shape index (κ3) is 1.13. The lowest BCUT2D eigenvalue weighted by Gasteiger charge is -1.83. The summed E-state index contributed by atoms with van der Waals surface area (Å²) in [7, 11) is 0. The van der Waals surface area contributed by atoms with Crippen LogP contribution >= 0.6 is 0 Å². The van der Waals surface area contributed by atoms with Gasteiger partial charge in [-0.1, -0.05) is 0 Å². The molecule has 0 saturated heterocycles. The molecule has 0 amide bonds. The summed E-state index contributed by atoms with van der Waals surface area (Å²) in [5.41, 5.74) is 4.87. The fourth-order valence-corrected chi connectivity index (χ4v) is 0.336. The van der Waals surface area contributed by atoms with Crippen molar-refractivity contribution in [1.82, 2.24) is 10.1 Å². The summed E-state index contributed by atoms with van der Waals surface area (Å²) in [6.45, 7) is 0. The van der Waals surface area contributed by atoms with E-state index in [0.29, 0.717) is 0 Å². The van der Waals surface area contributed by atoms with E-state index in [1.807, 2.05) is 0 Å². The first-order valence-corrected chi connectivity index (χ1v) is 2.07. The molecule has 1 rings (SSSR count). The zero-order valence-corrected chi connectivity index (χ0v) is 4.21. The molecule has 0 unspecified atom stereocenters. The van der Waals surface area contributed by atoms with Gasteiger partial charge in [0.15, 0.2) is 0 Å². The predicted octanol–water partition coefficient (Wildman–Crippen LogP) is 0.589. The third-order valence-corrected chi connectivity index (χ3v) is 0.644. The Kier molecular flexibility index (Phi) is 1.29. The normalized spacial score (nSPS) is 10.6. The van der Waals surface area contributed by atoms with Gasteiger partial charge < -0.3 is 10.3 Å². The first kappa shape index (κ1) is 5.93. The minimum absolute atomic E-state index is 0.273. The van der Waals surface area contributed by atoms with Crippen molar-refractivity contribution in [2.45, 2.75) is 6.43 Å². The molecule has 0 aliphatic rings. The molecule has 1 aromatic heterocycles. The highest BCUT2D eigenvalue weighted by Crippen LogP contribution is 2.15. The van der Waals surface area contributed by atoms with Crippen LogP contribution in [0.3, 0.4) is 0 Å². The van der Waals surface area contributed by atoms with Crippen molar-refractivity contribution in [3.05, 3.63) is 5.89 Å².